The Morgan fingerprint density at radius 3 is 2.56 bits per heavy atom. The molecule has 1 aromatic carbocycles. The maximum absolute atomic E-state index is 12.9. The van der Waals surface area contributed by atoms with E-state index in [0.717, 1.165) is 46.1 Å². The molecule has 0 radical (unpaired) electrons. The molecule has 0 saturated carbocycles. The number of aromatic nitrogens is 4. The first-order valence-corrected chi connectivity index (χ1v) is 12.3. The molecule has 0 amide bonds. The molecule has 1 saturated heterocycles. The van der Waals surface area contributed by atoms with Crippen LogP contribution in [0.3, 0.4) is 0 Å². The van der Waals surface area contributed by atoms with Crippen molar-refractivity contribution in [1.82, 2.24) is 24.1 Å². The van der Waals surface area contributed by atoms with Crippen LogP contribution in [-0.4, -0.2) is 50.3 Å². The fraction of sp³-hybridized carbons (Fsp3) is 0.444. The second kappa shape index (κ2) is 9.58. The second-order valence-corrected chi connectivity index (χ2v) is 9.56. The minimum absolute atomic E-state index is 0.0261. The zero-order valence-electron chi connectivity index (χ0n) is 20.3. The highest BCUT2D eigenvalue weighted by molar-refractivity contribution is 5.97. The highest BCUT2D eigenvalue weighted by atomic mass is 16.5. The molecule has 4 aromatic rings. The van der Waals surface area contributed by atoms with Crippen LogP contribution >= 0.6 is 0 Å². The Bertz CT molecular complexity index is 1350. The summed E-state index contributed by atoms with van der Waals surface area (Å²) in [4.78, 5) is 24.5. The standard InChI is InChI=1S/C27H33N5O2/c1-19(2)25-26-22-16-20(8-10-23(22)29-18-32(26)30(3)27(25)33)21-9-11-24(28-17-21)34-15-7-14-31-12-5-4-6-13-31/h8-11,16-19H,4-7,12-15H2,1-3H3. The molecule has 3 aromatic heterocycles. The van der Waals surface area contributed by atoms with Crippen LogP contribution in [0.25, 0.3) is 27.5 Å². The maximum atomic E-state index is 12.9. The monoisotopic (exact) mass is 459 g/mol. The zero-order chi connectivity index (χ0) is 23.7. The molecule has 7 nitrogen and oxygen atoms in total. The van der Waals surface area contributed by atoms with E-state index in [9.17, 15) is 4.79 Å². The van der Waals surface area contributed by atoms with Crippen molar-refractivity contribution in [3.8, 4) is 17.0 Å². The number of piperidine rings is 1. The summed E-state index contributed by atoms with van der Waals surface area (Å²) in [6.45, 7) is 8.33. The van der Waals surface area contributed by atoms with Crippen molar-refractivity contribution in [2.24, 2.45) is 7.05 Å². The topological polar surface area (TPSA) is 64.7 Å². The van der Waals surface area contributed by atoms with E-state index in [1.807, 2.05) is 28.9 Å². The lowest BCUT2D eigenvalue weighted by Crippen LogP contribution is -2.31. The maximum Gasteiger partial charge on any atom is 0.270 e. The molecule has 0 aliphatic carbocycles. The molecule has 0 bridgehead atoms. The predicted octanol–water partition coefficient (Wildman–Crippen LogP) is 4.63. The molecule has 0 spiro atoms. The average Bonchev–Trinajstić information content (AvgIpc) is 3.13. The summed E-state index contributed by atoms with van der Waals surface area (Å²) in [6.07, 6.45) is 8.61. The smallest absolute Gasteiger partial charge is 0.270 e. The number of aryl methyl sites for hydroxylation is 1. The summed E-state index contributed by atoms with van der Waals surface area (Å²) in [5.41, 5.74) is 4.69. The fourth-order valence-corrected chi connectivity index (χ4v) is 4.99. The van der Waals surface area contributed by atoms with Gasteiger partial charge < -0.3 is 9.64 Å². The number of nitrogens with zero attached hydrogens (tertiary/aromatic N) is 5. The van der Waals surface area contributed by atoms with Crippen molar-refractivity contribution in [2.45, 2.75) is 45.4 Å². The van der Waals surface area contributed by atoms with Crippen LogP contribution in [0.1, 0.15) is 51.0 Å². The minimum atomic E-state index is 0.0261. The first kappa shape index (κ1) is 22.6. The van der Waals surface area contributed by atoms with Crippen LogP contribution in [0, 0.1) is 0 Å². The summed E-state index contributed by atoms with van der Waals surface area (Å²) >= 11 is 0. The van der Waals surface area contributed by atoms with Gasteiger partial charge in [-0.1, -0.05) is 26.3 Å². The molecule has 5 rings (SSSR count). The van der Waals surface area contributed by atoms with Gasteiger partial charge in [-0.05, 0) is 62.0 Å². The molecule has 34 heavy (non-hydrogen) atoms. The van der Waals surface area contributed by atoms with Crippen LogP contribution in [0.5, 0.6) is 5.88 Å². The molecule has 178 valence electrons. The summed E-state index contributed by atoms with van der Waals surface area (Å²) in [5, 5.41) is 0.972. The van der Waals surface area contributed by atoms with Crippen LogP contribution in [0.2, 0.25) is 0 Å². The van der Waals surface area contributed by atoms with E-state index in [0.29, 0.717) is 12.5 Å². The summed E-state index contributed by atoms with van der Waals surface area (Å²) in [7, 11) is 1.79. The summed E-state index contributed by atoms with van der Waals surface area (Å²) in [5.74, 6) is 0.773. The number of benzene rings is 1. The van der Waals surface area contributed by atoms with Crippen LogP contribution < -0.4 is 10.3 Å². The molecular formula is C27H33N5O2. The lowest BCUT2D eigenvalue weighted by Gasteiger charge is -2.26. The first-order valence-electron chi connectivity index (χ1n) is 12.3. The van der Waals surface area contributed by atoms with Crippen LogP contribution in [-0.2, 0) is 7.05 Å². The van der Waals surface area contributed by atoms with Gasteiger partial charge in [0.25, 0.3) is 5.56 Å². The molecule has 4 heterocycles. The van der Waals surface area contributed by atoms with Gasteiger partial charge in [0.15, 0.2) is 0 Å². The van der Waals surface area contributed by atoms with Gasteiger partial charge in [0.1, 0.15) is 6.33 Å². The van der Waals surface area contributed by atoms with Gasteiger partial charge in [0, 0.05) is 42.4 Å². The number of pyridine rings is 1. The third-order valence-corrected chi connectivity index (χ3v) is 6.85. The molecular weight excluding hydrogens is 426 g/mol. The van der Waals surface area contributed by atoms with E-state index in [-0.39, 0.29) is 11.5 Å². The Hall–Kier alpha value is -3.19. The lowest BCUT2D eigenvalue weighted by molar-refractivity contribution is 0.203. The van der Waals surface area contributed by atoms with E-state index >= 15 is 0 Å². The van der Waals surface area contributed by atoms with Gasteiger partial charge >= 0.3 is 0 Å². The SMILES string of the molecule is CC(C)c1c(=O)n(C)n2cnc3ccc(-c4ccc(OCCCN5CCCCC5)nc4)cc3c12. The summed E-state index contributed by atoms with van der Waals surface area (Å²) < 4.78 is 9.36. The Kier molecular flexibility index (Phi) is 6.37. The molecule has 1 fully saturated rings. The van der Waals surface area contributed by atoms with Crippen LogP contribution in [0.15, 0.2) is 47.7 Å². The Balaban J connectivity index is 1.36. The Labute approximate surface area is 200 Å². The first-order chi connectivity index (χ1) is 16.5. The normalized spacial score (nSPS) is 14.9. The molecule has 1 aliphatic rings. The van der Waals surface area contributed by atoms with E-state index in [1.165, 1.54) is 32.4 Å². The molecule has 0 N–H and O–H groups in total. The second-order valence-electron chi connectivity index (χ2n) is 9.56. The van der Waals surface area contributed by atoms with Gasteiger partial charge in [-0.2, -0.15) is 0 Å². The van der Waals surface area contributed by atoms with E-state index in [4.69, 9.17) is 4.74 Å². The van der Waals surface area contributed by atoms with E-state index < -0.39 is 0 Å². The number of likely N-dealkylation sites (tertiary alicyclic amines) is 1. The van der Waals surface area contributed by atoms with Gasteiger partial charge in [-0.3, -0.25) is 4.79 Å². The minimum Gasteiger partial charge on any atom is -0.478 e. The number of ether oxygens (including phenoxy) is 1. The van der Waals surface area contributed by atoms with Gasteiger partial charge in [-0.15, -0.1) is 0 Å². The van der Waals surface area contributed by atoms with Crippen molar-refractivity contribution in [3.63, 3.8) is 0 Å². The third-order valence-electron chi connectivity index (χ3n) is 6.85. The number of fused-ring (bicyclic) bond motifs is 3. The third kappa shape index (κ3) is 4.32. The number of hydrogen-bond acceptors (Lipinski definition) is 5. The van der Waals surface area contributed by atoms with Crippen molar-refractivity contribution in [1.29, 1.82) is 0 Å². The van der Waals surface area contributed by atoms with E-state index in [2.05, 4.69) is 40.8 Å². The average molecular weight is 460 g/mol. The zero-order valence-corrected chi connectivity index (χ0v) is 20.3. The van der Waals surface area contributed by atoms with Crippen molar-refractivity contribution in [3.05, 3.63) is 58.8 Å². The molecule has 7 heteroatoms. The highest BCUT2D eigenvalue weighted by Gasteiger charge is 2.18. The lowest BCUT2D eigenvalue weighted by atomic mass is 10.00. The number of hydrogen-bond donors (Lipinski definition) is 0. The number of rotatable bonds is 7. The van der Waals surface area contributed by atoms with Gasteiger partial charge in [0.2, 0.25) is 5.88 Å². The van der Waals surface area contributed by atoms with Crippen LogP contribution in [0.4, 0.5) is 0 Å². The Morgan fingerprint density at radius 2 is 1.82 bits per heavy atom. The summed E-state index contributed by atoms with van der Waals surface area (Å²) in [6, 6.07) is 10.2. The largest absolute Gasteiger partial charge is 0.478 e. The Morgan fingerprint density at radius 1 is 1.03 bits per heavy atom. The van der Waals surface area contributed by atoms with E-state index in [1.54, 1.807) is 18.1 Å². The fourth-order valence-electron chi connectivity index (χ4n) is 4.99. The van der Waals surface area contributed by atoms with Gasteiger partial charge in [0.05, 0.1) is 17.6 Å². The molecule has 0 unspecified atom stereocenters. The highest BCUT2D eigenvalue weighted by Crippen LogP contribution is 2.29. The van der Waals surface area contributed by atoms with Crippen molar-refractivity contribution in [2.75, 3.05) is 26.2 Å². The molecule has 1 aliphatic heterocycles. The van der Waals surface area contributed by atoms with Gasteiger partial charge in [-0.25, -0.2) is 19.2 Å². The molecule has 0 atom stereocenters. The predicted molar refractivity (Wildman–Crippen MR) is 136 cm³/mol. The van der Waals surface area contributed by atoms with Crippen molar-refractivity contribution >= 4 is 16.4 Å². The quantitative estimate of drug-likeness (QED) is 0.377. The van der Waals surface area contributed by atoms with Crippen molar-refractivity contribution < 1.29 is 4.74 Å².